The number of carbonyl (C=O) groups excluding carboxylic acids is 3. The average Bonchev–Trinajstić information content (AvgIpc) is 3.33. The van der Waals surface area contributed by atoms with Gasteiger partial charge in [0, 0.05) is 19.3 Å². The lowest BCUT2D eigenvalue weighted by atomic mass is 9.99. The molecular formula is C64H124O6. The van der Waals surface area contributed by atoms with Gasteiger partial charge in [-0.1, -0.05) is 318 Å². The molecule has 2 atom stereocenters. The summed E-state index contributed by atoms with van der Waals surface area (Å²) >= 11 is 0. The van der Waals surface area contributed by atoms with Crippen LogP contribution in [0.25, 0.3) is 0 Å². The van der Waals surface area contributed by atoms with Crippen molar-refractivity contribution in [3.63, 3.8) is 0 Å². The largest absolute Gasteiger partial charge is 0.462 e. The molecule has 0 N–H and O–H groups in total. The Balaban J connectivity index is 4.25. The van der Waals surface area contributed by atoms with Crippen LogP contribution in [-0.2, 0) is 28.6 Å². The third-order valence-electron chi connectivity index (χ3n) is 15.0. The molecule has 6 heteroatoms. The monoisotopic (exact) mass is 989 g/mol. The Bertz CT molecular complexity index is 1090. The van der Waals surface area contributed by atoms with Crippen LogP contribution in [0.3, 0.4) is 0 Å². The first-order valence-electron chi connectivity index (χ1n) is 31.6. The maximum absolute atomic E-state index is 12.9. The first-order chi connectivity index (χ1) is 34.1. The molecule has 0 aromatic rings. The van der Waals surface area contributed by atoms with E-state index in [-0.39, 0.29) is 31.1 Å². The number of esters is 3. The first-order valence-corrected chi connectivity index (χ1v) is 31.6. The predicted molar refractivity (Wildman–Crippen MR) is 303 cm³/mol. The minimum absolute atomic E-state index is 0.0628. The molecule has 0 saturated carbocycles. The summed E-state index contributed by atoms with van der Waals surface area (Å²) in [7, 11) is 0. The highest BCUT2D eigenvalue weighted by Gasteiger charge is 2.19. The second-order valence-corrected chi connectivity index (χ2v) is 23.2. The van der Waals surface area contributed by atoms with Crippen molar-refractivity contribution in [2.75, 3.05) is 13.2 Å². The molecule has 0 amide bonds. The molecule has 416 valence electrons. The number of hydrogen-bond donors (Lipinski definition) is 0. The number of carbonyl (C=O) groups is 3. The van der Waals surface area contributed by atoms with E-state index in [1.54, 1.807) is 0 Å². The molecule has 0 radical (unpaired) electrons. The van der Waals surface area contributed by atoms with Crippen LogP contribution in [0.2, 0.25) is 0 Å². The van der Waals surface area contributed by atoms with Gasteiger partial charge in [0.15, 0.2) is 6.10 Å². The predicted octanol–water partition coefficient (Wildman–Crippen LogP) is 21.1. The number of hydrogen-bond acceptors (Lipinski definition) is 6. The van der Waals surface area contributed by atoms with Crippen molar-refractivity contribution in [3.05, 3.63) is 0 Å². The van der Waals surface area contributed by atoms with Crippen molar-refractivity contribution in [3.8, 4) is 0 Å². The summed E-state index contributed by atoms with van der Waals surface area (Å²) in [6.45, 7) is 13.8. The molecule has 0 bridgehead atoms. The molecule has 0 rings (SSSR count). The van der Waals surface area contributed by atoms with Gasteiger partial charge in [-0.15, -0.1) is 0 Å². The summed E-state index contributed by atoms with van der Waals surface area (Å²) in [5, 5.41) is 0. The highest BCUT2D eigenvalue weighted by Crippen LogP contribution is 2.19. The summed E-state index contributed by atoms with van der Waals surface area (Å²) in [6.07, 6.45) is 59.5. The van der Waals surface area contributed by atoms with Gasteiger partial charge in [0.25, 0.3) is 0 Å². The third-order valence-corrected chi connectivity index (χ3v) is 15.0. The van der Waals surface area contributed by atoms with Crippen LogP contribution in [0.1, 0.15) is 356 Å². The van der Waals surface area contributed by atoms with Gasteiger partial charge in [0.2, 0.25) is 0 Å². The van der Waals surface area contributed by atoms with Gasteiger partial charge in [0.1, 0.15) is 13.2 Å². The van der Waals surface area contributed by atoms with Crippen molar-refractivity contribution >= 4 is 17.9 Å². The maximum atomic E-state index is 12.9. The Kier molecular flexibility index (Phi) is 53.9. The van der Waals surface area contributed by atoms with E-state index in [2.05, 4.69) is 41.5 Å². The molecule has 0 fully saturated rings. The van der Waals surface area contributed by atoms with E-state index in [0.717, 1.165) is 75.5 Å². The van der Waals surface area contributed by atoms with E-state index >= 15 is 0 Å². The van der Waals surface area contributed by atoms with Crippen molar-refractivity contribution in [1.82, 2.24) is 0 Å². The van der Waals surface area contributed by atoms with Crippen molar-refractivity contribution in [2.24, 2.45) is 17.8 Å². The highest BCUT2D eigenvalue weighted by molar-refractivity contribution is 5.71. The van der Waals surface area contributed by atoms with Crippen LogP contribution < -0.4 is 0 Å². The lowest BCUT2D eigenvalue weighted by molar-refractivity contribution is -0.167. The Morgan fingerprint density at radius 2 is 0.500 bits per heavy atom. The van der Waals surface area contributed by atoms with Gasteiger partial charge in [-0.3, -0.25) is 14.4 Å². The topological polar surface area (TPSA) is 78.9 Å². The van der Waals surface area contributed by atoms with Crippen molar-refractivity contribution in [1.29, 1.82) is 0 Å². The SMILES string of the molecule is CCC(C)CCCCCCCCCCCCCCCCCCCCC(=O)OC[C@@H](COC(=O)CCCCCCCCCCCCCCC(C)C)OC(=O)CCCCCCCCCCCCCCC(C)C. The smallest absolute Gasteiger partial charge is 0.306 e. The molecule has 0 spiro atoms. The molecule has 0 heterocycles. The van der Waals surface area contributed by atoms with Gasteiger partial charge in [-0.25, -0.2) is 0 Å². The highest BCUT2D eigenvalue weighted by atomic mass is 16.6. The van der Waals surface area contributed by atoms with E-state index in [4.69, 9.17) is 14.2 Å². The number of ether oxygens (including phenoxy) is 3. The Hall–Kier alpha value is -1.59. The van der Waals surface area contributed by atoms with Crippen LogP contribution >= 0.6 is 0 Å². The number of unbranched alkanes of at least 4 members (excludes halogenated alkanes) is 39. The molecule has 0 aromatic carbocycles. The molecular weight excluding hydrogens is 865 g/mol. The molecule has 0 aromatic heterocycles. The molecule has 0 aliphatic rings. The fourth-order valence-corrected chi connectivity index (χ4v) is 9.85. The lowest BCUT2D eigenvalue weighted by Gasteiger charge is -2.18. The quantitative estimate of drug-likeness (QED) is 0.0343. The van der Waals surface area contributed by atoms with Crippen LogP contribution in [0.5, 0.6) is 0 Å². The summed E-state index contributed by atoms with van der Waals surface area (Å²) in [5.41, 5.74) is 0. The summed E-state index contributed by atoms with van der Waals surface area (Å²) in [5.74, 6) is 1.74. The molecule has 0 aliphatic heterocycles. The van der Waals surface area contributed by atoms with Crippen LogP contribution in [0.4, 0.5) is 0 Å². The average molecular weight is 990 g/mol. The second kappa shape index (κ2) is 55.2. The summed E-state index contributed by atoms with van der Waals surface area (Å²) < 4.78 is 16.9. The fourth-order valence-electron chi connectivity index (χ4n) is 9.85. The van der Waals surface area contributed by atoms with Crippen molar-refractivity contribution < 1.29 is 28.6 Å². The Morgan fingerprint density at radius 3 is 0.743 bits per heavy atom. The van der Waals surface area contributed by atoms with E-state index < -0.39 is 6.10 Å². The summed E-state index contributed by atoms with van der Waals surface area (Å²) in [4.78, 5) is 38.3. The normalized spacial score (nSPS) is 12.5. The van der Waals surface area contributed by atoms with Gasteiger partial charge in [0.05, 0.1) is 0 Å². The standard InChI is InChI=1S/C64H124O6/c1-7-60(6)52-46-40-34-28-22-14-12-10-8-9-11-13-15-23-29-35-41-47-53-62(65)68-56-61(70-64(67)55-49-43-37-31-25-19-17-21-27-33-39-45-51-59(4)5)57-69-63(66)54-48-42-36-30-24-18-16-20-26-32-38-44-50-58(2)3/h58-61H,7-57H2,1-6H3/t60?,61-/m0/s1. The fraction of sp³-hybridized carbons (Fsp3) is 0.953. The first kappa shape index (κ1) is 68.4. The van der Waals surface area contributed by atoms with E-state index in [1.807, 2.05) is 0 Å². The third kappa shape index (κ3) is 55.7. The van der Waals surface area contributed by atoms with Crippen molar-refractivity contribution in [2.45, 2.75) is 362 Å². The van der Waals surface area contributed by atoms with Gasteiger partial charge < -0.3 is 14.2 Å². The van der Waals surface area contributed by atoms with E-state index in [0.29, 0.717) is 19.3 Å². The van der Waals surface area contributed by atoms with E-state index in [1.165, 1.54) is 238 Å². The van der Waals surface area contributed by atoms with Gasteiger partial charge >= 0.3 is 17.9 Å². The zero-order valence-electron chi connectivity index (χ0n) is 48.3. The second-order valence-electron chi connectivity index (χ2n) is 23.2. The van der Waals surface area contributed by atoms with Crippen LogP contribution in [0, 0.1) is 17.8 Å². The van der Waals surface area contributed by atoms with Crippen LogP contribution in [0.15, 0.2) is 0 Å². The number of rotatable bonds is 57. The minimum Gasteiger partial charge on any atom is -0.462 e. The summed E-state index contributed by atoms with van der Waals surface area (Å²) in [6, 6.07) is 0. The molecule has 0 aliphatic carbocycles. The molecule has 1 unspecified atom stereocenters. The maximum Gasteiger partial charge on any atom is 0.306 e. The Labute approximate surface area is 438 Å². The minimum atomic E-state index is -0.764. The molecule has 6 nitrogen and oxygen atoms in total. The molecule has 0 saturated heterocycles. The lowest BCUT2D eigenvalue weighted by Crippen LogP contribution is -2.30. The Morgan fingerprint density at radius 1 is 0.286 bits per heavy atom. The zero-order chi connectivity index (χ0) is 51.2. The zero-order valence-corrected chi connectivity index (χ0v) is 48.3. The van der Waals surface area contributed by atoms with E-state index in [9.17, 15) is 14.4 Å². The molecule has 70 heavy (non-hydrogen) atoms. The van der Waals surface area contributed by atoms with Crippen LogP contribution in [-0.4, -0.2) is 37.2 Å². The van der Waals surface area contributed by atoms with Gasteiger partial charge in [-0.2, -0.15) is 0 Å². The van der Waals surface area contributed by atoms with Gasteiger partial charge in [-0.05, 0) is 37.0 Å².